The van der Waals surface area contributed by atoms with Crippen LogP contribution in [0.15, 0.2) is 36.8 Å². The lowest BCUT2D eigenvalue weighted by Gasteiger charge is -2.20. The summed E-state index contributed by atoms with van der Waals surface area (Å²) < 4.78 is 0. The molecule has 0 spiro atoms. The van der Waals surface area contributed by atoms with Crippen molar-refractivity contribution in [1.82, 2.24) is 15.3 Å². The summed E-state index contributed by atoms with van der Waals surface area (Å²) in [5.74, 6) is 0. The highest BCUT2D eigenvalue weighted by Crippen LogP contribution is 2.24. The minimum atomic E-state index is 0.345. The van der Waals surface area contributed by atoms with Gasteiger partial charge in [-0.2, -0.15) is 0 Å². The molecule has 0 bridgehead atoms. The van der Waals surface area contributed by atoms with E-state index in [1.165, 1.54) is 31.2 Å². The third-order valence-electron chi connectivity index (χ3n) is 4.11. The third kappa shape index (κ3) is 3.05. The molecule has 1 aromatic carbocycles. The molecule has 1 aliphatic carbocycles. The summed E-state index contributed by atoms with van der Waals surface area (Å²) in [6.07, 6.45) is 8.54. The van der Waals surface area contributed by atoms with Gasteiger partial charge in [0.25, 0.3) is 0 Å². The first-order valence-corrected chi connectivity index (χ1v) is 7.43. The van der Waals surface area contributed by atoms with Gasteiger partial charge in [-0.25, -0.2) is 9.97 Å². The van der Waals surface area contributed by atoms with Gasteiger partial charge < -0.3 is 5.32 Å². The van der Waals surface area contributed by atoms with E-state index >= 15 is 0 Å². The Morgan fingerprint density at radius 3 is 2.80 bits per heavy atom. The average molecular weight is 267 g/mol. The van der Waals surface area contributed by atoms with Crippen molar-refractivity contribution in [3.63, 3.8) is 0 Å². The molecule has 1 atom stereocenters. The second-order valence-corrected chi connectivity index (χ2v) is 5.54. The molecule has 0 aliphatic heterocycles. The van der Waals surface area contributed by atoms with Gasteiger partial charge in [-0.1, -0.05) is 18.2 Å². The largest absolute Gasteiger partial charge is 0.305 e. The second kappa shape index (κ2) is 6.14. The van der Waals surface area contributed by atoms with Gasteiger partial charge in [0.05, 0.1) is 5.69 Å². The number of aryl methyl sites for hydroxylation is 2. The van der Waals surface area contributed by atoms with E-state index in [1.807, 2.05) is 6.07 Å². The van der Waals surface area contributed by atoms with E-state index in [9.17, 15) is 0 Å². The molecule has 0 saturated carbocycles. The lowest BCUT2D eigenvalue weighted by molar-refractivity contribution is 0.565. The lowest BCUT2D eigenvalue weighted by atomic mass is 9.89. The van der Waals surface area contributed by atoms with Crippen LogP contribution in [0.4, 0.5) is 0 Å². The molecule has 1 N–H and O–H groups in total. The van der Waals surface area contributed by atoms with E-state index in [4.69, 9.17) is 0 Å². The van der Waals surface area contributed by atoms with Crippen molar-refractivity contribution in [2.75, 3.05) is 0 Å². The summed E-state index contributed by atoms with van der Waals surface area (Å²) in [6, 6.07) is 9.25. The maximum Gasteiger partial charge on any atom is 0.115 e. The number of benzene rings is 1. The molecular weight excluding hydrogens is 246 g/mol. The minimum absolute atomic E-state index is 0.345. The van der Waals surface area contributed by atoms with Crippen molar-refractivity contribution in [3.8, 4) is 0 Å². The summed E-state index contributed by atoms with van der Waals surface area (Å²) >= 11 is 0. The Kier molecular flexibility index (Phi) is 4.07. The van der Waals surface area contributed by atoms with Gasteiger partial charge in [0, 0.05) is 18.8 Å². The SMILES string of the molecule is CC(NCc1ccncn1)c1ccc2c(c1)CCCC2. The quantitative estimate of drug-likeness (QED) is 0.924. The minimum Gasteiger partial charge on any atom is -0.305 e. The molecule has 1 unspecified atom stereocenters. The maximum atomic E-state index is 4.24. The first-order valence-electron chi connectivity index (χ1n) is 7.43. The normalized spacial score (nSPS) is 15.7. The highest BCUT2D eigenvalue weighted by atomic mass is 14.9. The van der Waals surface area contributed by atoms with Crippen LogP contribution in [0, 0.1) is 0 Å². The fourth-order valence-corrected chi connectivity index (χ4v) is 2.82. The zero-order valence-electron chi connectivity index (χ0n) is 12.0. The molecule has 0 fully saturated rings. The fraction of sp³-hybridized carbons (Fsp3) is 0.412. The lowest BCUT2D eigenvalue weighted by Crippen LogP contribution is -2.19. The maximum absolute atomic E-state index is 4.24. The highest BCUT2D eigenvalue weighted by Gasteiger charge is 2.12. The number of rotatable bonds is 4. The topological polar surface area (TPSA) is 37.8 Å². The second-order valence-electron chi connectivity index (χ2n) is 5.54. The molecule has 3 rings (SSSR count). The molecule has 104 valence electrons. The monoisotopic (exact) mass is 267 g/mol. The summed E-state index contributed by atoms with van der Waals surface area (Å²) in [7, 11) is 0. The first kappa shape index (κ1) is 13.3. The summed E-state index contributed by atoms with van der Waals surface area (Å²) in [4.78, 5) is 8.18. The summed E-state index contributed by atoms with van der Waals surface area (Å²) in [5, 5.41) is 3.53. The zero-order chi connectivity index (χ0) is 13.8. The number of hydrogen-bond donors (Lipinski definition) is 1. The molecule has 3 nitrogen and oxygen atoms in total. The number of nitrogens with one attached hydrogen (secondary N) is 1. The van der Waals surface area contributed by atoms with Crippen LogP contribution in [0.3, 0.4) is 0 Å². The highest BCUT2D eigenvalue weighted by molar-refractivity contribution is 5.35. The van der Waals surface area contributed by atoms with Crippen LogP contribution in [0.25, 0.3) is 0 Å². The predicted octanol–water partition coefficient (Wildman–Crippen LogP) is 3.21. The first-order chi connectivity index (χ1) is 9.83. The molecule has 1 aliphatic rings. The van der Waals surface area contributed by atoms with Crippen molar-refractivity contribution in [3.05, 3.63) is 59.2 Å². The fourth-order valence-electron chi connectivity index (χ4n) is 2.82. The Morgan fingerprint density at radius 2 is 2.00 bits per heavy atom. The Morgan fingerprint density at radius 1 is 1.15 bits per heavy atom. The van der Waals surface area contributed by atoms with E-state index < -0.39 is 0 Å². The molecule has 1 heterocycles. The average Bonchev–Trinajstić information content (AvgIpc) is 2.53. The van der Waals surface area contributed by atoms with E-state index in [0.29, 0.717) is 6.04 Å². The van der Waals surface area contributed by atoms with E-state index in [2.05, 4.69) is 40.4 Å². The van der Waals surface area contributed by atoms with Crippen LogP contribution < -0.4 is 5.32 Å². The standard InChI is InChI=1S/C17H21N3/c1-13(19-11-17-8-9-18-12-20-17)15-7-6-14-4-2-3-5-16(14)10-15/h6-10,12-13,19H,2-5,11H2,1H3. The van der Waals surface area contributed by atoms with Crippen molar-refractivity contribution in [2.24, 2.45) is 0 Å². The Hall–Kier alpha value is -1.74. The predicted molar refractivity (Wildman–Crippen MR) is 80.4 cm³/mol. The van der Waals surface area contributed by atoms with Crippen LogP contribution in [0.5, 0.6) is 0 Å². The van der Waals surface area contributed by atoms with E-state index in [1.54, 1.807) is 23.7 Å². The van der Waals surface area contributed by atoms with E-state index in [-0.39, 0.29) is 0 Å². The molecule has 20 heavy (non-hydrogen) atoms. The molecule has 0 radical (unpaired) electrons. The number of nitrogens with zero attached hydrogens (tertiary/aromatic N) is 2. The summed E-state index contributed by atoms with van der Waals surface area (Å²) in [5.41, 5.74) is 5.50. The molecular formula is C17H21N3. The van der Waals surface area contributed by atoms with Crippen molar-refractivity contribution in [1.29, 1.82) is 0 Å². The molecule has 3 heteroatoms. The van der Waals surface area contributed by atoms with Gasteiger partial charge in [-0.3, -0.25) is 0 Å². The molecule has 2 aromatic rings. The van der Waals surface area contributed by atoms with Gasteiger partial charge in [0.2, 0.25) is 0 Å². The van der Waals surface area contributed by atoms with Crippen LogP contribution in [-0.2, 0) is 19.4 Å². The zero-order valence-corrected chi connectivity index (χ0v) is 12.0. The smallest absolute Gasteiger partial charge is 0.115 e. The van der Waals surface area contributed by atoms with Crippen molar-refractivity contribution in [2.45, 2.75) is 45.2 Å². The van der Waals surface area contributed by atoms with Gasteiger partial charge in [0.15, 0.2) is 0 Å². The van der Waals surface area contributed by atoms with Gasteiger partial charge in [-0.15, -0.1) is 0 Å². The Bertz CT molecular complexity index is 566. The number of fused-ring (bicyclic) bond motifs is 1. The molecule has 0 saturated heterocycles. The van der Waals surface area contributed by atoms with E-state index in [0.717, 1.165) is 12.2 Å². The summed E-state index contributed by atoms with van der Waals surface area (Å²) in [6.45, 7) is 2.99. The Balaban J connectivity index is 1.66. The number of aromatic nitrogens is 2. The van der Waals surface area contributed by atoms with Crippen LogP contribution >= 0.6 is 0 Å². The van der Waals surface area contributed by atoms with Crippen LogP contribution in [-0.4, -0.2) is 9.97 Å². The van der Waals surface area contributed by atoms with Gasteiger partial charge in [-0.05, 0) is 55.4 Å². The van der Waals surface area contributed by atoms with Gasteiger partial charge in [0.1, 0.15) is 6.33 Å². The van der Waals surface area contributed by atoms with Crippen molar-refractivity contribution < 1.29 is 0 Å². The molecule has 1 aromatic heterocycles. The third-order valence-corrected chi connectivity index (χ3v) is 4.11. The van der Waals surface area contributed by atoms with Gasteiger partial charge >= 0.3 is 0 Å². The number of hydrogen-bond acceptors (Lipinski definition) is 3. The van der Waals surface area contributed by atoms with Crippen LogP contribution in [0.2, 0.25) is 0 Å². The Labute approximate surface area is 120 Å². The molecule has 0 amide bonds. The van der Waals surface area contributed by atoms with Crippen molar-refractivity contribution >= 4 is 0 Å². The van der Waals surface area contributed by atoms with Crippen LogP contribution in [0.1, 0.15) is 48.2 Å².